The lowest BCUT2D eigenvalue weighted by molar-refractivity contribution is -0.115. The van der Waals surface area contributed by atoms with Gasteiger partial charge in [0, 0.05) is 6.42 Å². The zero-order chi connectivity index (χ0) is 11.9. The van der Waals surface area contributed by atoms with Gasteiger partial charge in [0.1, 0.15) is 0 Å². The Morgan fingerprint density at radius 1 is 0.765 bits per heavy atom. The van der Waals surface area contributed by atoms with E-state index in [1.807, 2.05) is 6.08 Å². The van der Waals surface area contributed by atoms with E-state index < -0.39 is 0 Å². The van der Waals surface area contributed by atoms with Gasteiger partial charge in [0.2, 0.25) is 0 Å². The Balaban J connectivity index is 1.93. The van der Waals surface area contributed by atoms with E-state index in [0.29, 0.717) is 5.78 Å². The van der Waals surface area contributed by atoms with Crippen LogP contribution in [-0.4, -0.2) is 5.78 Å². The monoisotopic (exact) mass is 234 g/mol. The van der Waals surface area contributed by atoms with Crippen LogP contribution in [0, 0.1) is 5.92 Å². The molecule has 0 radical (unpaired) electrons. The fourth-order valence-corrected chi connectivity index (χ4v) is 3.29. The van der Waals surface area contributed by atoms with Gasteiger partial charge < -0.3 is 0 Å². The molecule has 1 fully saturated rings. The lowest BCUT2D eigenvalue weighted by Crippen LogP contribution is -2.14. The minimum atomic E-state index is 0.378. The second-order valence-corrected chi connectivity index (χ2v) is 5.79. The number of hydrogen-bond acceptors (Lipinski definition) is 1. The van der Waals surface area contributed by atoms with Crippen molar-refractivity contribution in [1.29, 1.82) is 0 Å². The predicted octanol–water partition coefficient (Wildman–Crippen LogP) is 4.81. The van der Waals surface area contributed by atoms with Gasteiger partial charge in [0.25, 0.3) is 0 Å². The summed E-state index contributed by atoms with van der Waals surface area (Å²) in [6.07, 6.45) is 17.5. The molecule has 0 amide bonds. The van der Waals surface area contributed by atoms with Crippen LogP contribution in [0.1, 0.15) is 77.0 Å². The Morgan fingerprint density at radius 3 is 2.18 bits per heavy atom. The van der Waals surface area contributed by atoms with E-state index >= 15 is 0 Å². The molecule has 0 aromatic heterocycles. The summed E-state index contributed by atoms with van der Waals surface area (Å²) in [5.41, 5.74) is 1.49. The lowest BCUT2D eigenvalue weighted by atomic mass is 9.81. The molecule has 2 aliphatic rings. The largest absolute Gasteiger partial charge is 0.295 e. The maximum absolute atomic E-state index is 11.5. The van der Waals surface area contributed by atoms with Gasteiger partial charge in [-0.1, -0.05) is 50.5 Å². The third kappa shape index (κ3) is 4.29. The molecule has 0 aliphatic heterocycles. The second-order valence-electron chi connectivity index (χ2n) is 5.79. The minimum absolute atomic E-state index is 0.378. The molecule has 96 valence electrons. The standard InChI is InChI=1S/C16H26O/c17-16-12-11-14-9-7-5-3-1-2-4-6-8-10-15(14)13-16/h13-14H,1-12H2/t14-/m1/s1. The minimum Gasteiger partial charge on any atom is -0.295 e. The third-order valence-electron chi connectivity index (χ3n) is 4.38. The van der Waals surface area contributed by atoms with E-state index in [-0.39, 0.29) is 0 Å². The number of hydrogen-bond donors (Lipinski definition) is 0. The van der Waals surface area contributed by atoms with Crippen molar-refractivity contribution in [2.75, 3.05) is 0 Å². The van der Waals surface area contributed by atoms with Crippen LogP contribution >= 0.6 is 0 Å². The highest BCUT2D eigenvalue weighted by Crippen LogP contribution is 2.32. The van der Waals surface area contributed by atoms with Gasteiger partial charge in [-0.15, -0.1) is 0 Å². The van der Waals surface area contributed by atoms with Gasteiger partial charge in [-0.05, 0) is 37.7 Å². The highest BCUT2D eigenvalue weighted by atomic mass is 16.1. The van der Waals surface area contributed by atoms with Crippen molar-refractivity contribution in [3.8, 4) is 0 Å². The summed E-state index contributed by atoms with van der Waals surface area (Å²) in [6, 6.07) is 0. The molecule has 1 saturated carbocycles. The summed E-state index contributed by atoms with van der Waals surface area (Å²) in [7, 11) is 0. The van der Waals surface area contributed by atoms with Gasteiger partial charge >= 0.3 is 0 Å². The molecule has 0 spiro atoms. The van der Waals surface area contributed by atoms with Crippen LogP contribution in [0.5, 0.6) is 0 Å². The van der Waals surface area contributed by atoms with Crippen molar-refractivity contribution >= 4 is 5.78 Å². The first-order chi connectivity index (χ1) is 8.36. The number of carbonyl (C=O) groups is 1. The molecule has 0 heterocycles. The van der Waals surface area contributed by atoms with Crippen LogP contribution in [0.2, 0.25) is 0 Å². The first kappa shape index (κ1) is 12.9. The van der Waals surface area contributed by atoms with Crippen LogP contribution in [0.4, 0.5) is 0 Å². The maximum Gasteiger partial charge on any atom is 0.155 e. The zero-order valence-electron chi connectivity index (χ0n) is 11.0. The van der Waals surface area contributed by atoms with Gasteiger partial charge in [-0.25, -0.2) is 0 Å². The zero-order valence-corrected chi connectivity index (χ0v) is 11.0. The normalized spacial score (nSPS) is 28.6. The summed E-state index contributed by atoms with van der Waals surface area (Å²) in [4.78, 5) is 11.5. The summed E-state index contributed by atoms with van der Waals surface area (Å²) in [5.74, 6) is 1.12. The molecule has 1 heteroatoms. The predicted molar refractivity (Wildman–Crippen MR) is 72.0 cm³/mol. The van der Waals surface area contributed by atoms with Crippen LogP contribution in [0.25, 0.3) is 0 Å². The summed E-state index contributed by atoms with van der Waals surface area (Å²) < 4.78 is 0. The molecule has 0 unspecified atom stereocenters. The van der Waals surface area contributed by atoms with Crippen molar-refractivity contribution in [2.45, 2.75) is 77.0 Å². The Hall–Kier alpha value is -0.590. The van der Waals surface area contributed by atoms with E-state index in [0.717, 1.165) is 18.8 Å². The van der Waals surface area contributed by atoms with Crippen LogP contribution < -0.4 is 0 Å². The highest BCUT2D eigenvalue weighted by molar-refractivity contribution is 5.91. The van der Waals surface area contributed by atoms with Gasteiger partial charge in [0.15, 0.2) is 5.78 Å². The number of carbonyl (C=O) groups excluding carboxylic acids is 1. The molecule has 0 N–H and O–H groups in total. The second kappa shape index (κ2) is 6.98. The molecule has 0 saturated heterocycles. The summed E-state index contributed by atoms with van der Waals surface area (Å²) in [6.45, 7) is 0. The fourth-order valence-electron chi connectivity index (χ4n) is 3.29. The third-order valence-corrected chi connectivity index (χ3v) is 4.38. The Kier molecular flexibility index (Phi) is 5.28. The van der Waals surface area contributed by atoms with Gasteiger partial charge in [-0.2, -0.15) is 0 Å². The molecular weight excluding hydrogens is 208 g/mol. The van der Waals surface area contributed by atoms with E-state index in [4.69, 9.17) is 0 Å². The SMILES string of the molecule is O=C1C=C2CCCCCCCCCC[C@@H]2CC1. The average molecular weight is 234 g/mol. The van der Waals surface area contributed by atoms with E-state index in [1.165, 1.54) is 69.8 Å². The van der Waals surface area contributed by atoms with E-state index in [1.54, 1.807) is 0 Å². The average Bonchev–Trinajstić information content (AvgIpc) is 2.31. The number of ketones is 1. The van der Waals surface area contributed by atoms with Gasteiger partial charge in [-0.3, -0.25) is 4.79 Å². The van der Waals surface area contributed by atoms with Crippen LogP contribution in [0.3, 0.4) is 0 Å². The highest BCUT2D eigenvalue weighted by Gasteiger charge is 2.20. The summed E-state index contributed by atoms with van der Waals surface area (Å²) in [5, 5.41) is 0. The molecular formula is C16H26O. The smallest absolute Gasteiger partial charge is 0.155 e. The summed E-state index contributed by atoms with van der Waals surface area (Å²) >= 11 is 0. The molecule has 2 aliphatic carbocycles. The maximum atomic E-state index is 11.5. The number of fused-ring (bicyclic) bond motifs is 1. The molecule has 1 atom stereocenters. The van der Waals surface area contributed by atoms with E-state index in [9.17, 15) is 4.79 Å². The number of allylic oxidation sites excluding steroid dienone is 2. The quantitative estimate of drug-likeness (QED) is 0.588. The molecule has 0 aromatic rings. The molecule has 0 aromatic carbocycles. The molecule has 2 rings (SSSR count). The Labute approximate surface area is 106 Å². The van der Waals surface area contributed by atoms with Crippen molar-refractivity contribution < 1.29 is 4.79 Å². The Morgan fingerprint density at radius 2 is 1.41 bits per heavy atom. The van der Waals surface area contributed by atoms with Crippen LogP contribution in [-0.2, 0) is 4.79 Å². The van der Waals surface area contributed by atoms with Gasteiger partial charge in [0.05, 0.1) is 0 Å². The van der Waals surface area contributed by atoms with E-state index in [2.05, 4.69) is 0 Å². The first-order valence-corrected chi connectivity index (χ1v) is 7.59. The fraction of sp³-hybridized carbons (Fsp3) is 0.812. The lowest BCUT2D eigenvalue weighted by Gasteiger charge is -2.24. The van der Waals surface area contributed by atoms with Crippen molar-refractivity contribution in [2.24, 2.45) is 5.92 Å². The molecule has 17 heavy (non-hydrogen) atoms. The molecule has 0 bridgehead atoms. The first-order valence-electron chi connectivity index (χ1n) is 7.59. The van der Waals surface area contributed by atoms with Crippen molar-refractivity contribution in [3.05, 3.63) is 11.6 Å². The Bertz CT molecular complexity index is 277. The van der Waals surface area contributed by atoms with Crippen molar-refractivity contribution in [3.63, 3.8) is 0 Å². The number of rotatable bonds is 0. The molecule has 1 nitrogen and oxygen atoms in total. The van der Waals surface area contributed by atoms with Crippen molar-refractivity contribution in [1.82, 2.24) is 0 Å². The van der Waals surface area contributed by atoms with Crippen LogP contribution in [0.15, 0.2) is 11.6 Å². The topological polar surface area (TPSA) is 17.1 Å².